The summed E-state index contributed by atoms with van der Waals surface area (Å²) in [5.41, 5.74) is 19.0. The molecule has 0 amide bonds. The second kappa shape index (κ2) is 12.6. The molecule has 3 aromatic rings. The molecule has 48 heavy (non-hydrogen) atoms. The Balaban J connectivity index is 0.00000225. The molecule has 0 fully saturated rings. The first-order valence-electron chi connectivity index (χ1n) is 17.2. The zero-order valence-corrected chi connectivity index (χ0v) is 34.4. The van der Waals surface area contributed by atoms with Crippen molar-refractivity contribution in [3.05, 3.63) is 123 Å². The Hall–Kier alpha value is -2.12. The van der Waals surface area contributed by atoms with E-state index in [1.54, 1.807) is 24.3 Å². The van der Waals surface area contributed by atoms with Crippen LogP contribution in [-0.4, -0.2) is 3.71 Å². The SMILES string of the molecule is CCC1=[C]([Zr+2](=[CH]c2ccc(F)cc2)[C]2=C(C)c3cc4c(cc3C2(C)C)Cc2cc3c(cc2-4)C(C)=CC3(C)C)C(C)C=C1C(C)(C)C.[Cl-].[Cl-]. The summed E-state index contributed by atoms with van der Waals surface area (Å²) in [5, 5.41) is 0. The van der Waals surface area contributed by atoms with E-state index in [4.69, 9.17) is 0 Å². The Kier molecular flexibility index (Phi) is 9.74. The normalized spacial score (nSPS) is 19.7. The van der Waals surface area contributed by atoms with Crippen LogP contribution in [0.25, 0.3) is 22.3 Å². The maximum atomic E-state index is 14.1. The van der Waals surface area contributed by atoms with E-state index in [1.165, 1.54) is 66.8 Å². The van der Waals surface area contributed by atoms with Crippen LogP contribution in [0.1, 0.15) is 122 Å². The first kappa shape index (κ1) is 37.1. The van der Waals surface area contributed by atoms with E-state index in [9.17, 15) is 4.39 Å². The minimum Gasteiger partial charge on any atom is -1.00 e. The zero-order valence-electron chi connectivity index (χ0n) is 30.5. The maximum Gasteiger partial charge on any atom is -1.00 e. The van der Waals surface area contributed by atoms with Crippen molar-refractivity contribution in [1.29, 1.82) is 0 Å². The minimum absolute atomic E-state index is 0. The third-order valence-electron chi connectivity index (χ3n) is 11.4. The fraction of sp³-hybridized carbons (Fsp3) is 0.386. The van der Waals surface area contributed by atoms with Gasteiger partial charge in [0.25, 0.3) is 0 Å². The largest absolute Gasteiger partial charge is 1.00 e. The third-order valence-corrected chi connectivity index (χ3v) is 20.0. The predicted octanol–water partition coefficient (Wildman–Crippen LogP) is 5.88. The molecule has 1 atom stereocenters. The van der Waals surface area contributed by atoms with Gasteiger partial charge in [0.05, 0.1) is 0 Å². The molecule has 0 radical (unpaired) electrons. The summed E-state index contributed by atoms with van der Waals surface area (Å²) >= 11 is -2.69. The van der Waals surface area contributed by atoms with Crippen LogP contribution in [0, 0.1) is 17.2 Å². The van der Waals surface area contributed by atoms with Gasteiger partial charge in [-0.15, -0.1) is 0 Å². The number of benzene rings is 3. The first-order chi connectivity index (χ1) is 21.5. The molecule has 0 aliphatic heterocycles. The van der Waals surface area contributed by atoms with Crippen LogP contribution in [0.2, 0.25) is 0 Å². The van der Waals surface area contributed by atoms with Crippen molar-refractivity contribution in [3.8, 4) is 11.1 Å². The van der Waals surface area contributed by atoms with Crippen LogP contribution in [0.15, 0.2) is 78.4 Å². The molecular formula is C44H49Cl2FZr. The molecule has 0 heterocycles. The molecule has 250 valence electrons. The van der Waals surface area contributed by atoms with Crippen molar-refractivity contribution >= 4 is 14.9 Å². The minimum atomic E-state index is -2.69. The maximum absolute atomic E-state index is 14.1. The van der Waals surface area contributed by atoms with Gasteiger partial charge in [-0.2, -0.15) is 0 Å². The van der Waals surface area contributed by atoms with Gasteiger partial charge < -0.3 is 24.8 Å². The fourth-order valence-electron chi connectivity index (χ4n) is 9.30. The van der Waals surface area contributed by atoms with Crippen LogP contribution in [0.3, 0.4) is 0 Å². The van der Waals surface area contributed by atoms with Crippen LogP contribution in [-0.2, 0) is 38.5 Å². The van der Waals surface area contributed by atoms with Crippen LogP contribution >= 0.6 is 0 Å². The van der Waals surface area contributed by atoms with Gasteiger partial charge in [0.1, 0.15) is 0 Å². The first-order valence-corrected chi connectivity index (χ1v) is 21.1. The number of hydrogen-bond acceptors (Lipinski definition) is 0. The molecule has 4 aliphatic carbocycles. The van der Waals surface area contributed by atoms with Crippen LogP contribution in [0.5, 0.6) is 0 Å². The summed E-state index contributed by atoms with van der Waals surface area (Å²) in [6.45, 7) is 26.2. The number of allylic oxidation sites excluding steroid dienone is 8. The Bertz CT molecular complexity index is 2010. The zero-order chi connectivity index (χ0) is 33.1. The number of fused-ring (bicyclic) bond motifs is 5. The molecule has 0 aromatic heterocycles. The van der Waals surface area contributed by atoms with Gasteiger partial charge in [0.2, 0.25) is 0 Å². The van der Waals surface area contributed by atoms with E-state index < -0.39 is 21.3 Å². The topological polar surface area (TPSA) is 0 Å². The van der Waals surface area contributed by atoms with Crippen molar-refractivity contribution in [2.24, 2.45) is 11.3 Å². The average molecular weight is 759 g/mol. The molecule has 4 aliphatic rings. The van der Waals surface area contributed by atoms with Crippen LogP contribution < -0.4 is 24.8 Å². The smallest absolute Gasteiger partial charge is 1.00 e. The summed E-state index contributed by atoms with van der Waals surface area (Å²) in [6, 6.07) is 17.4. The predicted molar refractivity (Wildman–Crippen MR) is 193 cm³/mol. The van der Waals surface area contributed by atoms with Crippen molar-refractivity contribution in [2.45, 2.75) is 99.8 Å². The summed E-state index contributed by atoms with van der Waals surface area (Å²) in [6.07, 6.45) is 7.08. The second-order valence-electron chi connectivity index (χ2n) is 16.4. The Morgan fingerprint density at radius 3 is 2.02 bits per heavy atom. The van der Waals surface area contributed by atoms with Crippen molar-refractivity contribution in [3.63, 3.8) is 0 Å². The summed E-state index contributed by atoms with van der Waals surface area (Å²) in [5.74, 6) is 0.259. The summed E-state index contributed by atoms with van der Waals surface area (Å²) < 4.78 is 20.1. The van der Waals surface area contributed by atoms with Gasteiger partial charge in [0, 0.05) is 0 Å². The van der Waals surface area contributed by atoms with Gasteiger partial charge in [-0.3, -0.25) is 0 Å². The standard InChI is InChI=1S/C25H25.C12H19.C7H5F.2ClH.Zr/c1-14-12-24(3,4)22-8-16-7-17-9-23-19(15(2)13-25(23,5)6)11-21(17)20(16)10-18(14)22;1-6-10-7-9(2)8-11(10)12(3,4)5;1-6-2-4-7(8)5-3-6;;;/h8-12H,7H2,1-6H3;8-9H,6H2,1-5H3;1-5H;2*1H;/q;;;;;+2/p-2. The molecule has 0 N–H and O–H groups in total. The van der Waals surface area contributed by atoms with E-state index in [0.717, 1.165) is 12.8 Å². The molecule has 1 unspecified atom stereocenters. The summed E-state index contributed by atoms with van der Waals surface area (Å²) in [7, 11) is 0. The number of hydrogen-bond donors (Lipinski definition) is 0. The van der Waals surface area contributed by atoms with Gasteiger partial charge in [0.15, 0.2) is 0 Å². The molecule has 0 saturated carbocycles. The van der Waals surface area contributed by atoms with Gasteiger partial charge in [-0.1, -0.05) is 0 Å². The molecule has 0 saturated heterocycles. The quantitative estimate of drug-likeness (QED) is 0.244. The van der Waals surface area contributed by atoms with Gasteiger partial charge in [-0.05, 0) is 0 Å². The molecule has 0 nitrogen and oxygen atoms in total. The summed E-state index contributed by atoms with van der Waals surface area (Å²) in [4.78, 5) is 0. The molecule has 3 aromatic carbocycles. The molecule has 0 spiro atoms. The van der Waals surface area contributed by atoms with E-state index in [1.807, 2.05) is 12.1 Å². The van der Waals surface area contributed by atoms with Gasteiger partial charge >= 0.3 is 286 Å². The van der Waals surface area contributed by atoms with Gasteiger partial charge in [-0.25, -0.2) is 0 Å². The van der Waals surface area contributed by atoms with E-state index in [-0.39, 0.29) is 46.9 Å². The van der Waals surface area contributed by atoms with E-state index >= 15 is 0 Å². The van der Waals surface area contributed by atoms with Crippen molar-refractivity contribution in [2.75, 3.05) is 0 Å². The average Bonchev–Trinajstić information content (AvgIpc) is 3.63. The van der Waals surface area contributed by atoms with Crippen molar-refractivity contribution in [1.82, 2.24) is 0 Å². The van der Waals surface area contributed by atoms with Crippen molar-refractivity contribution < 1.29 is 50.5 Å². The molecule has 7 rings (SSSR count). The Morgan fingerprint density at radius 2 is 1.44 bits per heavy atom. The number of halogens is 3. The fourth-order valence-corrected chi connectivity index (χ4v) is 18.3. The van der Waals surface area contributed by atoms with E-state index in [2.05, 4.69) is 116 Å². The number of rotatable bonds is 4. The Morgan fingerprint density at radius 1 is 0.854 bits per heavy atom. The monoisotopic (exact) mass is 756 g/mol. The Labute approximate surface area is 308 Å². The molecule has 4 heteroatoms. The van der Waals surface area contributed by atoms with Crippen LogP contribution in [0.4, 0.5) is 4.39 Å². The van der Waals surface area contributed by atoms with E-state index in [0.29, 0.717) is 5.92 Å². The third kappa shape index (κ3) is 5.71. The second-order valence-corrected chi connectivity index (χ2v) is 21.7. The molecular weight excluding hydrogens is 710 g/mol. The molecule has 0 bridgehead atoms.